The fourth-order valence-electron chi connectivity index (χ4n) is 3.26. The van der Waals surface area contributed by atoms with Crippen molar-refractivity contribution in [2.75, 3.05) is 18.0 Å². The Balaban J connectivity index is 1.65. The van der Waals surface area contributed by atoms with Gasteiger partial charge in [-0.25, -0.2) is 23.0 Å². The van der Waals surface area contributed by atoms with Crippen LogP contribution in [0.1, 0.15) is 18.4 Å². The molecule has 0 atom stereocenters. The summed E-state index contributed by atoms with van der Waals surface area (Å²) in [6, 6.07) is 12.1. The Morgan fingerprint density at radius 1 is 1.10 bits per heavy atom. The number of piperidine rings is 1. The number of benzene rings is 2. The summed E-state index contributed by atoms with van der Waals surface area (Å²) in [5.41, 5.74) is 3.30. The standard InChI is InChI=1S/C20H22FN3O4S/c21-16-6-8-18(9-7-16)29(27,28)23-17-11-13-24(14-12-17)19-4-2-1-3-15(19)5-10-20(25)22-26/h1-10,17,23,26H,11-14H2,(H,22,25). The number of carbonyl (C=O) groups is 1. The molecule has 154 valence electrons. The monoisotopic (exact) mass is 419 g/mol. The average molecular weight is 419 g/mol. The van der Waals surface area contributed by atoms with Crippen molar-refractivity contribution in [3.05, 3.63) is 66.0 Å². The molecule has 29 heavy (non-hydrogen) atoms. The van der Waals surface area contributed by atoms with Crippen molar-refractivity contribution in [3.8, 4) is 0 Å². The van der Waals surface area contributed by atoms with Gasteiger partial charge in [0, 0.05) is 30.9 Å². The first-order chi connectivity index (χ1) is 13.9. The van der Waals surface area contributed by atoms with E-state index in [2.05, 4.69) is 9.62 Å². The van der Waals surface area contributed by atoms with E-state index in [0.29, 0.717) is 25.9 Å². The summed E-state index contributed by atoms with van der Waals surface area (Å²) < 4.78 is 40.7. The molecule has 2 aromatic rings. The number of amides is 1. The normalized spacial score (nSPS) is 15.6. The lowest BCUT2D eigenvalue weighted by molar-refractivity contribution is -0.124. The number of sulfonamides is 1. The van der Waals surface area contributed by atoms with Crippen LogP contribution in [0.15, 0.2) is 59.5 Å². The number of nitrogens with zero attached hydrogens (tertiary/aromatic N) is 1. The zero-order valence-corrected chi connectivity index (χ0v) is 16.4. The zero-order valence-electron chi connectivity index (χ0n) is 15.6. The summed E-state index contributed by atoms with van der Waals surface area (Å²) in [5, 5.41) is 8.61. The summed E-state index contributed by atoms with van der Waals surface area (Å²) in [5.74, 6) is -1.10. The minimum atomic E-state index is -3.70. The Labute approximate surface area is 168 Å². The van der Waals surface area contributed by atoms with E-state index in [4.69, 9.17) is 5.21 Å². The van der Waals surface area contributed by atoms with Crippen molar-refractivity contribution in [1.29, 1.82) is 0 Å². The second-order valence-corrected chi connectivity index (χ2v) is 8.42. The number of hydrogen-bond acceptors (Lipinski definition) is 5. The Morgan fingerprint density at radius 3 is 2.41 bits per heavy atom. The van der Waals surface area contributed by atoms with Gasteiger partial charge >= 0.3 is 0 Å². The highest BCUT2D eigenvalue weighted by Crippen LogP contribution is 2.26. The predicted molar refractivity (Wildman–Crippen MR) is 107 cm³/mol. The van der Waals surface area contributed by atoms with Crippen LogP contribution in [0.5, 0.6) is 0 Å². The van der Waals surface area contributed by atoms with Crippen molar-refractivity contribution in [2.24, 2.45) is 0 Å². The van der Waals surface area contributed by atoms with Gasteiger partial charge in [0.05, 0.1) is 4.90 Å². The number of hydroxylamine groups is 1. The molecular formula is C20H22FN3O4S. The molecule has 0 aliphatic carbocycles. The van der Waals surface area contributed by atoms with Crippen molar-refractivity contribution >= 4 is 27.7 Å². The maximum absolute atomic E-state index is 13.0. The molecule has 0 spiro atoms. The lowest BCUT2D eigenvalue weighted by Gasteiger charge is -2.34. The first-order valence-corrected chi connectivity index (χ1v) is 10.6. The molecule has 9 heteroatoms. The highest BCUT2D eigenvalue weighted by Gasteiger charge is 2.25. The SMILES string of the molecule is O=C(C=Cc1ccccc1N1CCC(NS(=O)(=O)c2ccc(F)cc2)CC1)NO. The third-order valence-electron chi connectivity index (χ3n) is 4.74. The van der Waals surface area contributed by atoms with Crippen molar-refractivity contribution in [3.63, 3.8) is 0 Å². The minimum Gasteiger partial charge on any atom is -0.371 e. The molecule has 0 bridgehead atoms. The van der Waals surface area contributed by atoms with E-state index in [1.54, 1.807) is 11.6 Å². The van der Waals surface area contributed by atoms with Crippen molar-refractivity contribution < 1.29 is 22.8 Å². The average Bonchev–Trinajstić information content (AvgIpc) is 2.73. The second-order valence-electron chi connectivity index (χ2n) is 6.70. The minimum absolute atomic E-state index is 0.0407. The van der Waals surface area contributed by atoms with E-state index in [1.807, 2.05) is 24.3 Å². The fourth-order valence-corrected chi connectivity index (χ4v) is 4.56. The second kappa shape index (κ2) is 9.17. The lowest BCUT2D eigenvalue weighted by atomic mass is 10.0. The van der Waals surface area contributed by atoms with Crippen LogP contribution < -0.4 is 15.1 Å². The van der Waals surface area contributed by atoms with Crippen LogP contribution in [-0.2, 0) is 14.8 Å². The lowest BCUT2D eigenvalue weighted by Crippen LogP contribution is -2.44. The predicted octanol–water partition coefficient (Wildman–Crippen LogP) is 2.29. The number of para-hydroxylation sites is 1. The van der Waals surface area contributed by atoms with Gasteiger partial charge < -0.3 is 4.90 Å². The Morgan fingerprint density at radius 2 is 1.76 bits per heavy atom. The fraction of sp³-hybridized carbons (Fsp3) is 0.250. The summed E-state index contributed by atoms with van der Waals surface area (Å²) >= 11 is 0. The highest BCUT2D eigenvalue weighted by atomic mass is 32.2. The number of rotatable bonds is 6. The van der Waals surface area contributed by atoms with Gasteiger partial charge in [0.1, 0.15) is 5.82 Å². The molecule has 1 aliphatic heterocycles. The molecule has 1 aliphatic rings. The van der Waals surface area contributed by atoms with Crippen LogP contribution in [0, 0.1) is 5.82 Å². The van der Waals surface area contributed by atoms with Crippen LogP contribution >= 0.6 is 0 Å². The van der Waals surface area contributed by atoms with Gasteiger partial charge in [-0.05, 0) is 54.8 Å². The number of hydrogen-bond donors (Lipinski definition) is 3. The number of anilines is 1. The summed E-state index contributed by atoms with van der Waals surface area (Å²) in [4.78, 5) is 13.4. The van der Waals surface area contributed by atoms with Gasteiger partial charge in [0.25, 0.3) is 5.91 Å². The van der Waals surface area contributed by atoms with Crippen LogP contribution in [0.25, 0.3) is 6.08 Å². The molecule has 3 rings (SSSR count). The zero-order chi connectivity index (χ0) is 20.9. The quantitative estimate of drug-likeness (QED) is 0.379. The molecule has 7 nitrogen and oxygen atoms in total. The van der Waals surface area contributed by atoms with Crippen molar-refractivity contribution in [2.45, 2.75) is 23.8 Å². The first-order valence-electron chi connectivity index (χ1n) is 9.13. The van der Waals surface area contributed by atoms with Crippen LogP contribution in [0.2, 0.25) is 0 Å². The van der Waals surface area contributed by atoms with Gasteiger partial charge in [0.15, 0.2) is 0 Å². The van der Waals surface area contributed by atoms with Gasteiger partial charge in [-0.1, -0.05) is 18.2 Å². The van der Waals surface area contributed by atoms with E-state index >= 15 is 0 Å². The third-order valence-corrected chi connectivity index (χ3v) is 6.28. The molecule has 1 heterocycles. The topological polar surface area (TPSA) is 98.7 Å². The number of halogens is 1. The first kappa shape index (κ1) is 21.0. The molecule has 0 unspecified atom stereocenters. The molecule has 2 aromatic carbocycles. The smallest absolute Gasteiger partial charge is 0.267 e. The van der Waals surface area contributed by atoms with E-state index in [1.165, 1.54) is 18.2 Å². The van der Waals surface area contributed by atoms with E-state index < -0.39 is 21.7 Å². The summed E-state index contributed by atoms with van der Waals surface area (Å²) in [6.07, 6.45) is 4.07. The van der Waals surface area contributed by atoms with E-state index in [-0.39, 0.29) is 10.9 Å². The third kappa shape index (κ3) is 5.41. The van der Waals surface area contributed by atoms with Crippen LogP contribution in [0.4, 0.5) is 10.1 Å². The molecule has 1 amide bonds. The Kier molecular flexibility index (Phi) is 6.63. The summed E-state index contributed by atoms with van der Waals surface area (Å²) in [7, 11) is -3.70. The Bertz CT molecular complexity index is 985. The molecule has 1 fully saturated rings. The largest absolute Gasteiger partial charge is 0.371 e. The molecule has 0 saturated carbocycles. The number of carbonyl (C=O) groups excluding carboxylic acids is 1. The molecule has 0 aromatic heterocycles. The van der Waals surface area contributed by atoms with Gasteiger partial charge in [-0.3, -0.25) is 10.0 Å². The van der Waals surface area contributed by atoms with Gasteiger partial charge in [0.2, 0.25) is 10.0 Å². The van der Waals surface area contributed by atoms with Gasteiger partial charge in [-0.2, -0.15) is 0 Å². The maximum atomic E-state index is 13.0. The van der Waals surface area contributed by atoms with Crippen LogP contribution in [0.3, 0.4) is 0 Å². The molecular weight excluding hydrogens is 397 g/mol. The molecule has 1 saturated heterocycles. The van der Waals surface area contributed by atoms with E-state index in [9.17, 15) is 17.6 Å². The van der Waals surface area contributed by atoms with Crippen LogP contribution in [-0.4, -0.2) is 38.7 Å². The highest BCUT2D eigenvalue weighted by molar-refractivity contribution is 7.89. The maximum Gasteiger partial charge on any atom is 0.267 e. The van der Waals surface area contributed by atoms with Crippen molar-refractivity contribution in [1.82, 2.24) is 10.2 Å². The number of nitrogens with one attached hydrogen (secondary N) is 2. The van der Waals surface area contributed by atoms with E-state index in [0.717, 1.165) is 23.4 Å². The Hall–Kier alpha value is -2.75. The molecule has 3 N–H and O–H groups in total. The summed E-state index contributed by atoms with van der Waals surface area (Å²) in [6.45, 7) is 1.27. The molecule has 0 radical (unpaired) electrons. The van der Waals surface area contributed by atoms with Gasteiger partial charge in [-0.15, -0.1) is 0 Å².